The van der Waals surface area contributed by atoms with E-state index in [4.69, 9.17) is 0 Å². The number of nitrogens with one attached hydrogen (secondary N) is 1. The molecule has 2 heterocycles. The van der Waals surface area contributed by atoms with Gasteiger partial charge in [-0.25, -0.2) is 0 Å². The molecule has 0 saturated heterocycles. The molecule has 88 valence electrons. The van der Waals surface area contributed by atoms with Crippen LogP contribution in [0.25, 0.3) is 0 Å². The summed E-state index contributed by atoms with van der Waals surface area (Å²) in [7, 11) is 0. The van der Waals surface area contributed by atoms with Gasteiger partial charge in [-0.05, 0) is 12.5 Å². The summed E-state index contributed by atoms with van der Waals surface area (Å²) < 4.78 is 0. The van der Waals surface area contributed by atoms with Gasteiger partial charge in [0.15, 0.2) is 0 Å². The fraction of sp³-hybridized carbons (Fsp3) is 0.615. The summed E-state index contributed by atoms with van der Waals surface area (Å²) in [6.07, 6.45) is 3.22. The molecule has 1 atom stereocenters. The molecule has 2 rings (SSSR count). The average molecular weight is 220 g/mol. The number of nitrogens with zero attached hydrogens (tertiary/aromatic N) is 1. The summed E-state index contributed by atoms with van der Waals surface area (Å²) in [5.74, 6) is 0. The highest BCUT2D eigenvalue weighted by molar-refractivity contribution is 5.59. The van der Waals surface area contributed by atoms with Crippen LogP contribution < -0.4 is 5.32 Å². The molecule has 3 heteroatoms. The van der Waals surface area contributed by atoms with E-state index < -0.39 is 6.10 Å². The molecular weight excluding hydrogens is 200 g/mol. The normalized spacial score (nSPS) is 19.0. The Hall–Kier alpha value is -1.09. The van der Waals surface area contributed by atoms with E-state index in [2.05, 4.69) is 31.1 Å². The lowest BCUT2D eigenvalue weighted by Gasteiger charge is -2.17. The number of anilines is 1. The first-order valence-electron chi connectivity index (χ1n) is 5.97. The lowest BCUT2D eigenvalue weighted by molar-refractivity contribution is 0.162. The summed E-state index contributed by atoms with van der Waals surface area (Å²) in [6, 6.07) is 1.99. The summed E-state index contributed by atoms with van der Waals surface area (Å²) in [6.45, 7) is 7.42. The Morgan fingerprint density at radius 3 is 3.00 bits per heavy atom. The Labute approximate surface area is 96.9 Å². The zero-order valence-electron chi connectivity index (χ0n) is 10.2. The van der Waals surface area contributed by atoms with E-state index in [0.29, 0.717) is 0 Å². The molecule has 1 unspecified atom stereocenters. The number of rotatable bonds is 3. The summed E-state index contributed by atoms with van der Waals surface area (Å²) >= 11 is 0. The van der Waals surface area contributed by atoms with E-state index >= 15 is 0 Å². The molecule has 0 aromatic carbocycles. The van der Waals surface area contributed by atoms with Gasteiger partial charge in [-0.1, -0.05) is 27.2 Å². The van der Waals surface area contributed by atoms with Gasteiger partial charge in [0.2, 0.25) is 0 Å². The second-order valence-corrected chi connectivity index (χ2v) is 5.20. The first-order chi connectivity index (χ1) is 7.54. The van der Waals surface area contributed by atoms with Crippen molar-refractivity contribution in [1.82, 2.24) is 4.98 Å². The van der Waals surface area contributed by atoms with Crippen LogP contribution in [-0.2, 0) is 5.41 Å². The van der Waals surface area contributed by atoms with E-state index in [-0.39, 0.29) is 5.41 Å². The second-order valence-electron chi connectivity index (χ2n) is 5.20. The fourth-order valence-corrected chi connectivity index (χ4v) is 2.17. The minimum atomic E-state index is -0.430. The monoisotopic (exact) mass is 220 g/mol. The summed E-state index contributed by atoms with van der Waals surface area (Å²) in [5.41, 5.74) is 3.31. The zero-order valence-corrected chi connectivity index (χ0v) is 10.2. The maximum Gasteiger partial charge on any atom is 0.0960 e. The third kappa shape index (κ3) is 1.92. The lowest BCUT2D eigenvalue weighted by atomic mass is 9.88. The highest BCUT2D eigenvalue weighted by atomic mass is 16.3. The molecule has 0 spiro atoms. The Balaban J connectivity index is 2.28. The van der Waals surface area contributed by atoms with Crippen molar-refractivity contribution in [2.24, 2.45) is 0 Å². The van der Waals surface area contributed by atoms with Crippen molar-refractivity contribution in [1.29, 1.82) is 0 Å². The quantitative estimate of drug-likeness (QED) is 0.823. The summed E-state index contributed by atoms with van der Waals surface area (Å²) in [5, 5.41) is 13.3. The Morgan fingerprint density at radius 2 is 2.31 bits per heavy atom. The lowest BCUT2D eigenvalue weighted by Crippen LogP contribution is -2.19. The number of hydrogen-bond donors (Lipinski definition) is 2. The van der Waals surface area contributed by atoms with Crippen LogP contribution in [0.5, 0.6) is 0 Å². The highest BCUT2D eigenvalue weighted by Crippen LogP contribution is 2.36. The number of aromatic nitrogens is 1. The first kappa shape index (κ1) is 11.4. The number of pyridine rings is 1. The topological polar surface area (TPSA) is 45.2 Å². The molecule has 0 saturated carbocycles. The Bertz CT molecular complexity index is 388. The Kier molecular flexibility index (Phi) is 2.89. The van der Waals surface area contributed by atoms with E-state index in [9.17, 15) is 5.11 Å². The number of hydrogen-bond acceptors (Lipinski definition) is 3. The molecule has 0 amide bonds. The smallest absolute Gasteiger partial charge is 0.0960 e. The predicted molar refractivity (Wildman–Crippen MR) is 65.6 cm³/mol. The maximum absolute atomic E-state index is 9.89. The minimum Gasteiger partial charge on any atom is -0.387 e. The molecule has 2 N–H and O–H groups in total. The van der Waals surface area contributed by atoms with Crippen LogP contribution in [0, 0.1) is 0 Å². The average Bonchev–Trinajstić information content (AvgIpc) is 2.55. The number of aliphatic hydroxyl groups is 1. The van der Waals surface area contributed by atoms with Gasteiger partial charge in [0.05, 0.1) is 11.8 Å². The van der Waals surface area contributed by atoms with Gasteiger partial charge in [0.1, 0.15) is 0 Å². The van der Waals surface area contributed by atoms with Crippen LogP contribution in [0.2, 0.25) is 0 Å². The molecule has 0 bridgehead atoms. The van der Waals surface area contributed by atoms with E-state index in [0.717, 1.165) is 30.8 Å². The van der Waals surface area contributed by atoms with Crippen LogP contribution >= 0.6 is 0 Å². The first-order valence-corrected chi connectivity index (χ1v) is 5.97. The molecule has 0 fully saturated rings. The van der Waals surface area contributed by atoms with E-state index in [1.807, 2.05) is 12.3 Å². The third-order valence-corrected chi connectivity index (χ3v) is 3.28. The standard InChI is InChI=1S/C13H20N2O/c1-4-5-12(16)11-6-10-9(7-14-11)13(2,3)8-15-10/h6-7,12,15-16H,4-5,8H2,1-3H3. The van der Waals surface area contributed by atoms with Crippen LogP contribution in [0.15, 0.2) is 12.3 Å². The van der Waals surface area contributed by atoms with Crippen molar-refractivity contribution >= 4 is 5.69 Å². The number of fused-ring (bicyclic) bond motifs is 1. The SMILES string of the molecule is CCCC(O)c1cc2c(cn1)C(C)(C)CN2. The van der Waals surface area contributed by atoms with Crippen molar-refractivity contribution in [2.45, 2.75) is 45.1 Å². The second kappa shape index (κ2) is 4.06. The minimum absolute atomic E-state index is 0.149. The predicted octanol–water partition coefficient (Wildman–Crippen LogP) is 2.62. The van der Waals surface area contributed by atoms with E-state index in [1.165, 1.54) is 5.56 Å². The van der Waals surface area contributed by atoms with Crippen LogP contribution in [-0.4, -0.2) is 16.6 Å². The molecule has 1 aliphatic rings. The zero-order chi connectivity index (χ0) is 11.8. The van der Waals surface area contributed by atoms with Gasteiger partial charge in [0.25, 0.3) is 0 Å². The van der Waals surface area contributed by atoms with Gasteiger partial charge < -0.3 is 10.4 Å². The van der Waals surface area contributed by atoms with Gasteiger partial charge in [-0.2, -0.15) is 0 Å². The highest BCUT2D eigenvalue weighted by Gasteiger charge is 2.30. The third-order valence-electron chi connectivity index (χ3n) is 3.28. The van der Waals surface area contributed by atoms with Crippen LogP contribution in [0.4, 0.5) is 5.69 Å². The fourth-order valence-electron chi connectivity index (χ4n) is 2.17. The number of aliphatic hydroxyl groups excluding tert-OH is 1. The van der Waals surface area contributed by atoms with Gasteiger partial charge in [-0.3, -0.25) is 4.98 Å². The van der Waals surface area contributed by atoms with Crippen LogP contribution in [0.1, 0.15) is 51.0 Å². The van der Waals surface area contributed by atoms with Crippen molar-refractivity contribution in [3.63, 3.8) is 0 Å². The van der Waals surface area contributed by atoms with Gasteiger partial charge in [0, 0.05) is 29.4 Å². The Morgan fingerprint density at radius 1 is 1.56 bits per heavy atom. The molecule has 0 aliphatic carbocycles. The van der Waals surface area contributed by atoms with Crippen molar-refractivity contribution in [2.75, 3.05) is 11.9 Å². The molecule has 0 radical (unpaired) electrons. The molecule has 1 aromatic rings. The van der Waals surface area contributed by atoms with Crippen molar-refractivity contribution in [3.8, 4) is 0 Å². The molecule has 1 aromatic heterocycles. The summed E-state index contributed by atoms with van der Waals surface area (Å²) in [4.78, 5) is 4.37. The molecular formula is C13H20N2O. The van der Waals surface area contributed by atoms with Gasteiger partial charge >= 0.3 is 0 Å². The van der Waals surface area contributed by atoms with Gasteiger partial charge in [-0.15, -0.1) is 0 Å². The molecule has 1 aliphatic heterocycles. The van der Waals surface area contributed by atoms with E-state index in [1.54, 1.807) is 0 Å². The van der Waals surface area contributed by atoms with Crippen LogP contribution in [0.3, 0.4) is 0 Å². The maximum atomic E-state index is 9.89. The van der Waals surface area contributed by atoms with Crippen molar-refractivity contribution in [3.05, 3.63) is 23.5 Å². The largest absolute Gasteiger partial charge is 0.387 e. The molecule has 16 heavy (non-hydrogen) atoms. The van der Waals surface area contributed by atoms with Crippen molar-refractivity contribution < 1.29 is 5.11 Å². The molecule has 3 nitrogen and oxygen atoms in total.